The molecule has 0 bridgehead atoms. The second-order valence-corrected chi connectivity index (χ2v) is 5.10. The molecule has 5 heteroatoms. The number of rotatable bonds is 6. The van der Waals surface area contributed by atoms with Gasteiger partial charge in [0, 0.05) is 17.5 Å². The van der Waals surface area contributed by atoms with Crippen LogP contribution in [-0.4, -0.2) is 30.3 Å². The van der Waals surface area contributed by atoms with Gasteiger partial charge in [0.15, 0.2) is 0 Å². The standard InChI is InChI=1S/C9H18F3NS/c1-7(2)8(3)14-5-4-13-6-9(10,11)12/h7-8,13H,4-6H2,1-3H3. The van der Waals surface area contributed by atoms with Crippen LogP contribution in [0, 0.1) is 5.92 Å². The molecule has 0 saturated heterocycles. The van der Waals surface area contributed by atoms with Crippen LogP contribution in [0.3, 0.4) is 0 Å². The van der Waals surface area contributed by atoms with Crippen molar-refractivity contribution >= 4 is 11.8 Å². The number of hydrogen-bond acceptors (Lipinski definition) is 2. The van der Waals surface area contributed by atoms with Crippen LogP contribution in [0.25, 0.3) is 0 Å². The monoisotopic (exact) mass is 229 g/mol. The summed E-state index contributed by atoms with van der Waals surface area (Å²) in [5.74, 6) is 1.30. The van der Waals surface area contributed by atoms with Crippen LogP contribution in [0.15, 0.2) is 0 Å². The van der Waals surface area contributed by atoms with E-state index in [0.29, 0.717) is 17.7 Å². The maximum Gasteiger partial charge on any atom is 0.401 e. The van der Waals surface area contributed by atoms with Crippen LogP contribution >= 0.6 is 11.8 Å². The molecule has 0 aliphatic heterocycles. The Hall–Kier alpha value is 0.100. The van der Waals surface area contributed by atoms with E-state index in [9.17, 15) is 13.2 Å². The largest absolute Gasteiger partial charge is 0.401 e. The van der Waals surface area contributed by atoms with Crippen LogP contribution in [0.4, 0.5) is 13.2 Å². The van der Waals surface area contributed by atoms with Crippen molar-refractivity contribution in [1.82, 2.24) is 5.32 Å². The van der Waals surface area contributed by atoms with Crippen LogP contribution in [0.2, 0.25) is 0 Å². The minimum atomic E-state index is -4.09. The van der Waals surface area contributed by atoms with Crippen LogP contribution in [0.5, 0.6) is 0 Å². The molecular formula is C9H18F3NS. The number of hydrogen-bond donors (Lipinski definition) is 1. The molecule has 0 saturated carbocycles. The summed E-state index contributed by atoms with van der Waals surface area (Å²) in [4.78, 5) is 0. The van der Waals surface area contributed by atoms with E-state index >= 15 is 0 Å². The fraction of sp³-hybridized carbons (Fsp3) is 1.00. The predicted octanol–water partition coefficient (Wildman–Crippen LogP) is 2.92. The molecule has 0 radical (unpaired) electrons. The van der Waals surface area contributed by atoms with Gasteiger partial charge in [0.05, 0.1) is 6.54 Å². The van der Waals surface area contributed by atoms with Gasteiger partial charge in [0.1, 0.15) is 0 Å². The highest BCUT2D eigenvalue weighted by atomic mass is 32.2. The summed E-state index contributed by atoms with van der Waals surface area (Å²) in [5.41, 5.74) is 0. The molecule has 1 nitrogen and oxygen atoms in total. The first kappa shape index (κ1) is 14.1. The quantitative estimate of drug-likeness (QED) is 0.703. The highest BCUT2D eigenvalue weighted by Crippen LogP contribution is 2.18. The molecule has 0 aliphatic carbocycles. The van der Waals surface area contributed by atoms with E-state index in [0.717, 1.165) is 5.75 Å². The number of thioether (sulfide) groups is 1. The van der Waals surface area contributed by atoms with Gasteiger partial charge in [-0.25, -0.2) is 0 Å². The van der Waals surface area contributed by atoms with Crippen molar-refractivity contribution in [1.29, 1.82) is 0 Å². The van der Waals surface area contributed by atoms with Crippen molar-refractivity contribution in [3.8, 4) is 0 Å². The minimum Gasteiger partial charge on any atom is -0.308 e. The van der Waals surface area contributed by atoms with Gasteiger partial charge < -0.3 is 5.32 Å². The molecule has 14 heavy (non-hydrogen) atoms. The smallest absolute Gasteiger partial charge is 0.308 e. The van der Waals surface area contributed by atoms with Gasteiger partial charge in [-0.2, -0.15) is 24.9 Å². The lowest BCUT2D eigenvalue weighted by molar-refractivity contribution is -0.124. The van der Waals surface area contributed by atoms with Crippen molar-refractivity contribution in [2.24, 2.45) is 5.92 Å². The Morgan fingerprint density at radius 3 is 2.21 bits per heavy atom. The first-order valence-corrected chi connectivity index (χ1v) is 5.77. The van der Waals surface area contributed by atoms with Gasteiger partial charge in [-0.15, -0.1) is 0 Å². The Bertz CT molecular complexity index is 147. The first-order chi connectivity index (χ1) is 6.33. The summed E-state index contributed by atoms with van der Waals surface area (Å²) in [6.07, 6.45) is -4.09. The van der Waals surface area contributed by atoms with E-state index < -0.39 is 12.7 Å². The Morgan fingerprint density at radius 1 is 1.21 bits per heavy atom. The Morgan fingerprint density at radius 2 is 1.79 bits per heavy atom. The molecule has 1 unspecified atom stereocenters. The van der Waals surface area contributed by atoms with Gasteiger partial charge >= 0.3 is 6.18 Å². The van der Waals surface area contributed by atoms with Crippen molar-refractivity contribution in [3.05, 3.63) is 0 Å². The van der Waals surface area contributed by atoms with Crippen LogP contribution in [0.1, 0.15) is 20.8 Å². The minimum absolute atomic E-state index is 0.418. The molecule has 0 heterocycles. The van der Waals surface area contributed by atoms with Crippen molar-refractivity contribution < 1.29 is 13.2 Å². The van der Waals surface area contributed by atoms with Crippen molar-refractivity contribution in [3.63, 3.8) is 0 Å². The van der Waals surface area contributed by atoms with Gasteiger partial charge in [-0.3, -0.25) is 0 Å². The molecule has 1 atom stereocenters. The zero-order chi connectivity index (χ0) is 11.2. The SMILES string of the molecule is CC(C)C(C)SCCNCC(F)(F)F. The predicted molar refractivity (Wildman–Crippen MR) is 55.7 cm³/mol. The third-order valence-electron chi connectivity index (χ3n) is 1.92. The summed E-state index contributed by atoms with van der Waals surface area (Å²) in [7, 11) is 0. The molecule has 0 aliphatic rings. The molecule has 0 amide bonds. The van der Waals surface area contributed by atoms with Crippen LogP contribution in [-0.2, 0) is 0 Å². The normalized spacial score (nSPS) is 14.8. The van der Waals surface area contributed by atoms with E-state index in [2.05, 4.69) is 26.1 Å². The first-order valence-electron chi connectivity index (χ1n) is 4.72. The van der Waals surface area contributed by atoms with E-state index in [1.807, 2.05) is 0 Å². The Balaban J connectivity index is 3.30. The van der Waals surface area contributed by atoms with Crippen LogP contribution < -0.4 is 5.32 Å². The maximum atomic E-state index is 11.7. The molecule has 0 aromatic rings. The van der Waals surface area contributed by atoms with Gasteiger partial charge in [-0.05, 0) is 5.92 Å². The average Bonchev–Trinajstić information content (AvgIpc) is 2.01. The highest BCUT2D eigenvalue weighted by Gasteiger charge is 2.25. The zero-order valence-corrected chi connectivity index (χ0v) is 9.63. The zero-order valence-electron chi connectivity index (χ0n) is 8.82. The topological polar surface area (TPSA) is 12.0 Å². The highest BCUT2D eigenvalue weighted by molar-refractivity contribution is 7.99. The fourth-order valence-electron chi connectivity index (χ4n) is 0.740. The molecule has 1 N–H and O–H groups in total. The molecule has 0 fully saturated rings. The average molecular weight is 229 g/mol. The van der Waals surface area contributed by atoms with Gasteiger partial charge in [0.25, 0.3) is 0 Å². The second-order valence-electron chi connectivity index (χ2n) is 3.61. The molecule has 0 rings (SSSR count). The number of alkyl halides is 3. The van der Waals surface area contributed by atoms with E-state index in [4.69, 9.17) is 0 Å². The van der Waals surface area contributed by atoms with Crippen molar-refractivity contribution in [2.45, 2.75) is 32.2 Å². The second kappa shape index (κ2) is 6.56. The Labute approximate surface area is 87.8 Å². The maximum absolute atomic E-state index is 11.7. The molecule has 0 aromatic carbocycles. The summed E-state index contributed by atoms with van der Waals surface area (Å²) in [6, 6.07) is 0. The Kier molecular flexibility index (Phi) is 6.61. The van der Waals surface area contributed by atoms with Gasteiger partial charge in [-0.1, -0.05) is 20.8 Å². The molecular weight excluding hydrogens is 211 g/mol. The summed E-state index contributed by atoms with van der Waals surface area (Å²) >= 11 is 1.71. The molecule has 0 aromatic heterocycles. The molecule has 86 valence electrons. The van der Waals surface area contributed by atoms with Crippen molar-refractivity contribution in [2.75, 3.05) is 18.8 Å². The lowest BCUT2D eigenvalue weighted by Gasteiger charge is -2.15. The lowest BCUT2D eigenvalue weighted by Crippen LogP contribution is -2.30. The van der Waals surface area contributed by atoms with E-state index in [1.165, 1.54) is 0 Å². The summed E-state index contributed by atoms with van der Waals surface area (Å²) in [5, 5.41) is 2.88. The van der Waals surface area contributed by atoms with E-state index in [1.54, 1.807) is 11.8 Å². The number of nitrogens with one attached hydrogen (secondary N) is 1. The summed E-state index contributed by atoms with van der Waals surface area (Å²) < 4.78 is 35.1. The molecule has 0 spiro atoms. The summed E-state index contributed by atoms with van der Waals surface area (Å²) in [6.45, 7) is 5.85. The lowest BCUT2D eigenvalue weighted by atomic mass is 10.2. The third-order valence-corrected chi connectivity index (χ3v) is 3.43. The van der Waals surface area contributed by atoms with Gasteiger partial charge in [0.2, 0.25) is 0 Å². The van der Waals surface area contributed by atoms with E-state index in [-0.39, 0.29) is 0 Å². The third kappa shape index (κ3) is 8.69. The fourth-order valence-corrected chi connectivity index (χ4v) is 1.76. The number of halogens is 3.